The zero-order chi connectivity index (χ0) is 32.5. The van der Waals surface area contributed by atoms with Crippen LogP contribution in [0, 0.1) is 0 Å². The summed E-state index contributed by atoms with van der Waals surface area (Å²) in [5, 5.41) is 14.1. The molecule has 0 aliphatic heterocycles. The number of aromatic nitrogens is 2. The first kappa shape index (κ1) is 37.0. The number of hydrogen-bond acceptors (Lipinski definition) is 8. The van der Waals surface area contributed by atoms with E-state index in [1.165, 1.54) is 5.39 Å². The summed E-state index contributed by atoms with van der Waals surface area (Å²) >= 11 is 3.17. The lowest BCUT2D eigenvalue weighted by Crippen LogP contribution is -2.44. The topological polar surface area (TPSA) is 111 Å². The summed E-state index contributed by atoms with van der Waals surface area (Å²) in [7, 11) is 1.88. The van der Waals surface area contributed by atoms with Gasteiger partial charge in [0.15, 0.2) is 11.6 Å². The molecule has 0 radical (unpaired) electrons. The van der Waals surface area contributed by atoms with E-state index in [0.29, 0.717) is 11.0 Å². The first-order valence-electron chi connectivity index (χ1n) is 14.1. The largest absolute Gasteiger partial charge is 0.443 e. The number of carbonyl (C=O) groups excluding carboxylic acids is 3. The lowest BCUT2D eigenvalue weighted by atomic mass is 10.1. The monoisotopic (exact) mass is 678 g/mol. The van der Waals surface area contributed by atoms with E-state index in [1.54, 1.807) is 53.7 Å². The molecule has 0 atom stereocenters. The molecular weight excluding hydrogens is 636 g/mol. The average Bonchev–Trinajstić information content (AvgIpc) is 2.96. The molecule has 0 unspecified atom stereocenters. The number of anilines is 1. The zero-order valence-corrected chi connectivity index (χ0v) is 27.8. The van der Waals surface area contributed by atoms with Crippen molar-refractivity contribution < 1.29 is 23.9 Å². The minimum atomic E-state index is -0.880. The number of amides is 2. The van der Waals surface area contributed by atoms with Crippen LogP contribution >= 0.6 is 15.9 Å². The van der Waals surface area contributed by atoms with Crippen LogP contribution in [0.15, 0.2) is 78.9 Å². The van der Waals surface area contributed by atoms with E-state index in [0.717, 1.165) is 33.5 Å². The highest BCUT2D eigenvalue weighted by Gasteiger charge is 2.33. The Kier molecular flexibility index (Phi) is 13.4. The number of benzene rings is 3. The first-order chi connectivity index (χ1) is 20.7. The van der Waals surface area contributed by atoms with Crippen LogP contribution in [0.2, 0.25) is 0 Å². The Morgan fingerprint density at radius 3 is 1.93 bits per heavy atom. The van der Waals surface area contributed by atoms with E-state index in [4.69, 9.17) is 9.47 Å². The van der Waals surface area contributed by atoms with Gasteiger partial charge >= 0.3 is 12.2 Å². The van der Waals surface area contributed by atoms with Gasteiger partial charge in [-0.1, -0.05) is 78.0 Å². The lowest BCUT2D eigenvalue weighted by molar-refractivity contribution is 0.0428. The molecule has 3 aromatic carbocycles. The Balaban J connectivity index is 0.000000391. The van der Waals surface area contributed by atoms with Crippen molar-refractivity contribution in [1.82, 2.24) is 15.5 Å². The standard InChI is InChI=1S/C22H30N4O4.C12H9BrO.CH4/c1-21(2,3)29-19(27)26(20(28)30-22(4,5)6)18-12-11-17(24-25-18)16-10-8-9-15(13-16)14-23-7;13-8-12(14)11-6-5-9-3-1-2-4-10(9)7-11;/h8-13,23H,14H2,1-7H3;1-7H,8H2;1H4. The number of Topliss-reactive ketones (excluding diaryl/α,β-unsaturated/α-hetero) is 1. The van der Waals surface area contributed by atoms with E-state index in [9.17, 15) is 14.4 Å². The highest BCUT2D eigenvalue weighted by Crippen LogP contribution is 2.23. The van der Waals surface area contributed by atoms with Crippen molar-refractivity contribution in [1.29, 1.82) is 0 Å². The van der Waals surface area contributed by atoms with Crippen LogP contribution in [0.1, 0.15) is 64.9 Å². The molecule has 45 heavy (non-hydrogen) atoms. The van der Waals surface area contributed by atoms with Crippen molar-refractivity contribution in [3.05, 3.63) is 90.0 Å². The maximum absolute atomic E-state index is 12.7. The molecule has 0 aliphatic rings. The van der Waals surface area contributed by atoms with Crippen LogP contribution in [0.5, 0.6) is 0 Å². The number of nitrogens with zero attached hydrogens (tertiary/aromatic N) is 3. The molecule has 2 amide bonds. The maximum Gasteiger partial charge on any atom is 0.425 e. The van der Waals surface area contributed by atoms with E-state index in [2.05, 4.69) is 31.4 Å². The van der Waals surface area contributed by atoms with Crippen molar-refractivity contribution in [2.75, 3.05) is 17.3 Å². The number of carbonyl (C=O) groups is 3. The third kappa shape index (κ3) is 11.4. The van der Waals surface area contributed by atoms with Crippen LogP contribution in [-0.2, 0) is 16.0 Å². The second kappa shape index (κ2) is 16.2. The third-order valence-electron chi connectivity index (χ3n) is 5.83. The van der Waals surface area contributed by atoms with Gasteiger partial charge in [-0.25, -0.2) is 9.59 Å². The Labute approximate surface area is 274 Å². The number of imide groups is 1. The molecule has 0 spiro atoms. The summed E-state index contributed by atoms with van der Waals surface area (Å²) in [5.74, 6) is 0.143. The first-order valence-corrected chi connectivity index (χ1v) is 15.2. The molecule has 4 rings (SSSR count). The highest BCUT2D eigenvalue weighted by atomic mass is 79.9. The summed E-state index contributed by atoms with van der Waals surface area (Å²) in [6, 6.07) is 24.9. The second-order valence-electron chi connectivity index (χ2n) is 11.9. The molecule has 1 aromatic heterocycles. The van der Waals surface area contributed by atoms with E-state index in [1.807, 2.05) is 73.8 Å². The van der Waals surface area contributed by atoms with Crippen molar-refractivity contribution >= 4 is 50.5 Å². The number of halogens is 1. The van der Waals surface area contributed by atoms with Crippen LogP contribution < -0.4 is 10.2 Å². The van der Waals surface area contributed by atoms with Gasteiger partial charge in [-0.3, -0.25) is 4.79 Å². The van der Waals surface area contributed by atoms with Gasteiger partial charge < -0.3 is 14.8 Å². The van der Waals surface area contributed by atoms with Gasteiger partial charge in [0.1, 0.15) is 11.2 Å². The van der Waals surface area contributed by atoms with Crippen LogP contribution in [0.4, 0.5) is 15.4 Å². The van der Waals surface area contributed by atoms with Gasteiger partial charge in [0.05, 0.1) is 11.0 Å². The van der Waals surface area contributed by atoms with Crippen molar-refractivity contribution in [2.24, 2.45) is 0 Å². The van der Waals surface area contributed by atoms with Crippen LogP contribution in [0.3, 0.4) is 0 Å². The Hall–Kier alpha value is -4.15. The number of alkyl halides is 1. The molecule has 1 N–H and O–H groups in total. The number of hydrogen-bond donors (Lipinski definition) is 1. The quantitative estimate of drug-likeness (QED) is 0.159. The maximum atomic E-state index is 12.7. The van der Waals surface area contributed by atoms with Crippen LogP contribution in [0.25, 0.3) is 22.0 Å². The van der Waals surface area contributed by atoms with Gasteiger partial charge in [0.2, 0.25) is 0 Å². The highest BCUT2D eigenvalue weighted by molar-refractivity contribution is 9.09. The number of nitrogens with one attached hydrogen (secondary N) is 1. The number of fused-ring (bicyclic) bond motifs is 1. The molecule has 0 saturated carbocycles. The predicted molar refractivity (Wildman–Crippen MR) is 184 cm³/mol. The molecular formula is C35H43BrN4O5. The Morgan fingerprint density at radius 1 is 0.778 bits per heavy atom. The van der Waals surface area contributed by atoms with E-state index < -0.39 is 23.4 Å². The van der Waals surface area contributed by atoms with Gasteiger partial charge in [-0.05, 0) is 89.2 Å². The molecule has 1 heterocycles. The zero-order valence-electron chi connectivity index (χ0n) is 26.2. The van der Waals surface area contributed by atoms with E-state index >= 15 is 0 Å². The summed E-state index contributed by atoms with van der Waals surface area (Å²) in [6.07, 6.45) is -1.76. The van der Waals surface area contributed by atoms with Gasteiger partial charge in [0, 0.05) is 17.7 Å². The van der Waals surface area contributed by atoms with E-state index in [-0.39, 0.29) is 19.0 Å². The minimum absolute atomic E-state index is 0. The molecule has 0 saturated heterocycles. The number of ketones is 1. The smallest absolute Gasteiger partial charge is 0.425 e. The minimum Gasteiger partial charge on any atom is -0.443 e. The average molecular weight is 680 g/mol. The van der Waals surface area contributed by atoms with Gasteiger partial charge in [-0.15, -0.1) is 10.2 Å². The Morgan fingerprint density at radius 2 is 1.40 bits per heavy atom. The fourth-order valence-corrected chi connectivity index (χ4v) is 4.28. The van der Waals surface area contributed by atoms with Crippen molar-refractivity contribution in [3.8, 4) is 11.3 Å². The molecule has 240 valence electrons. The molecule has 4 aromatic rings. The third-order valence-corrected chi connectivity index (χ3v) is 6.34. The predicted octanol–water partition coefficient (Wildman–Crippen LogP) is 8.59. The summed E-state index contributed by atoms with van der Waals surface area (Å²) in [5.41, 5.74) is 1.77. The molecule has 9 nitrogen and oxygen atoms in total. The lowest BCUT2D eigenvalue weighted by Gasteiger charge is -2.27. The second-order valence-corrected chi connectivity index (χ2v) is 12.5. The number of ether oxygens (including phenoxy) is 2. The Bertz CT molecular complexity index is 1570. The fraction of sp³-hybridized carbons (Fsp3) is 0.343. The summed E-state index contributed by atoms with van der Waals surface area (Å²) in [6.45, 7) is 11.0. The van der Waals surface area contributed by atoms with Gasteiger partial charge in [-0.2, -0.15) is 4.90 Å². The summed E-state index contributed by atoms with van der Waals surface area (Å²) < 4.78 is 10.7. The fourth-order valence-electron chi connectivity index (χ4n) is 3.96. The van der Waals surface area contributed by atoms with Crippen LogP contribution in [-0.4, -0.2) is 51.7 Å². The van der Waals surface area contributed by atoms with Gasteiger partial charge in [0.25, 0.3) is 0 Å². The molecule has 0 fully saturated rings. The molecule has 10 heteroatoms. The SMILES string of the molecule is C.CNCc1cccc(-c2ccc(N(C(=O)OC(C)(C)C)C(=O)OC(C)(C)C)nn2)c1.O=C(CBr)c1ccc2ccccc2c1. The molecule has 0 bridgehead atoms. The van der Waals surface area contributed by atoms with Crippen molar-refractivity contribution in [3.63, 3.8) is 0 Å². The normalized spacial score (nSPS) is 11.0. The molecule has 0 aliphatic carbocycles. The summed E-state index contributed by atoms with van der Waals surface area (Å²) in [4.78, 5) is 37.5. The van der Waals surface area contributed by atoms with Crippen molar-refractivity contribution in [2.45, 2.75) is 66.7 Å². The number of rotatable bonds is 6.